The van der Waals surface area contributed by atoms with Crippen LogP contribution in [0.3, 0.4) is 0 Å². The summed E-state index contributed by atoms with van der Waals surface area (Å²) in [6, 6.07) is 5.60. The van der Waals surface area contributed by atoms with E-state index in [1.54, 1.807) is 0 Å². The molecule has 0 unspecified atom stereocenters. The molecule has 0 spiro atoms. The van der Waals surface area contributed by atoms with Crippen molar-refractivity contribution in [3.8, 4) is 0 Å². The number of hydrogen-bond donors (Lipinski definition) is 2. The van der Waals surface area contributed by atoms with Gasteiger partial charge in [0, 0.05) is 25.6 Å². The minimum absolute atomic E-state index is 0.0240. The van der Waals surface area contributed by atoms with E-state index in [0.29, 0.717) is 19.4 Å². The second kappa shape index (κ2) is 9.14. The van der Waals surface area contributed by atoms with Crippen LogP contribution >= 0.6 is 0 Å². The summed E-state index contributed by atoms with van der Waals surface area (Å²) in [4.78, 5) is 23.3. The fourth-order valence-electron chi connectivity index (χ4n) is 3.10. The van der Waals surface area contributed by atoms with Crippen molar-refractivity contribution < 1.29 is 23.1 Å². The minimum Gasteiger partial charge on any atom is -0.478 e. The van der Waals surface area contributed by atoms with Crippen LogP contribution in [-0.4, -0.2) is 49.3 Å². The number of unbranched alkanes of at least 4 members (excludes halogenated alkanes) is 2. The van der Waals surface area contributed by atoms with Gasteiger partial charge in [-0.05, 0) is 31.4 Å². The average molecular weight is 382 g/mol. The molecule has 1 amide bonds. The highest BCUT2D eigenvalue weighted by molar-refractivity contribution is 7.89. The van der Waals surface area contributed by atoms with Gasteiger partial charge in [0.25, 0.3) is 0 Å². The molecule has 1 aliphatic heterocycles. The summed E-state index contributed by atoms with van der Waals surface area (Å²) in [5.41, 5.74) is -0.233. The molecule has 1 aromatic rings. The molecule has 144 valence electrons. The highest BCUT2D eigenvalue weighted by Crippen LogP contribution is 2.26. The molecule has 8 heteroatoms. The lowest BCUT2D eigenvalue weighted by atomic mass is 9.97. The summed E-state index contributed by atoms with van der Waals surface area (Å²) in [5.74, 6) is -1.49. The highest BCUT2D eigenvalue weighted by Gasteiger charge is 2.33. The topological polar surface area (TPSA) is 104 Å². The van der Waals surface area contributed by atoms with Gasteiger partial charge in [0.2, 0.25) is 15.9 Å². The number of carbonyl (C=O) groups excluding carboxylic acids is 1. The molecule has 0 radical (unpaired) electrons. The van der Waals surface area contributed by atoms with Crippen LogP contribution in [-0.2, 0) is 14.8 Å². The van der Waals surface area contributed by atoms with Crippen LogP contribution in [0.25, 0.3) is 0 Å². The molecule has 7 nitrogen and oxygen atoms in total. The van der Waals surface area contributed by atoms with Gasteiger partial charge in [-0.3, -0.25) is 4.79 Å². The zero-order valence-electron chi connectivity index (χ0n) is 15.0. The SMILES string of the molecule is CCCCCNC(=O)C1CCN(S(=O)(=O)c2ccccc2C(=O)O)CC1. The van der Waals surface area contributed by atoms with Crippen LogP contribution in [0.1, 0.15) is 49.4 Å². The fourth-order valence-corrected chi connectivity index (χ4v) is 4.75. The molecular weight excluding hydrogens is 356 g/mol. The van der Waals surface area contributed by atoms with E-state index in [2.05, 4.69) is 12.2 Å². The molecular formula is C18H26N2O5S. The van der Waals surface area contributed by atoms with Gasteiger partial charge in [-0.1, -0.05) is 31.9 Å². The van der Waals surface area contributed by atoms with E-state index in [4.69, 9.17) is 0 Å². The summed E-state index contributed by atoms with van der Waals surface area (Å²) >= 11 is 0. The number of rotatable bonds is 8. The van der Waals surface area contributed by atoms with Crippen LogP contribution in [0.4, 0.5) is 0 Å². The zero-order valence-corrected chi connectivity index (χ0v) is 15.8. The average Bonchev–Trinajstić information content (AvgIpc) is 2.65. The summed E-state index contributed by atoms with van der Waals surface area (Å²) in [7, 11) is -3.89. The molecule has 26 heavy (non-hydrogen) atoms. The summed E-state index contributed by atoms with van der Waals surface area (Å²) < 4.78 is 26.9. The number of benzene rings is 1. The van der Waals surface area contributed by atoms with Gasteiger partial charge in [0.15, 0.2) is 0 Å². The Kier molecular flexibility index (Phi) is 7.16. The number of hydrogen-bond acceptors (Lipinski definition) is 4. The number of sulfonamides is 1. The van der Waals surface area contributed by atoms with Crippen molar-refractivity contribution in [1.29, 1.82) is 0 Å². The molecule has 1 saturated heterocycles. The van der Waals surface area contributed by atoms with Crippen LogP contribution < -0.4 is 5.32 Å². The standard InChI is InChI=1S/C18H26N2O5S/c1-2-3-6-11-19-17(21)14-9-12-20(13-10-14)26(24,25)16-8-5-4-7-15(16)18(22)23/h4-5,7-8,14H,2-3,6,9-13H2,1H3,(H,19,21)(H,22,23). The van der Waals surface area contributed by atoms with E-state index in [1.807, 2.05) is 0 Å². The maximum Gasteiger partial charge on any atom is 0.337 e. The van der Waals surface area contributed by atoms with E-state index in [-0.39, 0.29) is 35.4 Å². The zero-order chi connectivity index (χ0) is 19.2. The maximum absolute atomic E-state index is 12.8. The Bertz CT molecular complexity index is 740. The lowest BCUT2D eigenvalue weighted by molar-refractivity contribution is -0.126. The summed E-state index contributed by atoms with van der Waals surface area (Å²) in [6.07, 6.45) is 3.98. The molecule has 1 fully saturated rings. The van der Waals surface area contributed by atoms with Crippen LogP contribution in [0.15, 0.2) is 29.2 Å². The Labute approximate surface area is 154 Å². The third kappa shape index (κ3) is 4.82. The van der Waals surface area contributed by atoms with Gasteiger partial charge in [-0.25, -0.2) is 13.2 Å². The van der Waals surface area contributed by atoms with Gasteiger partial charge in [-0.15, -0.1) is 0 Å². The largest absolute Gasteiger partial charge is 0.478 e. The second-order valence-electron chi connectivity index (χ2n) is 6.48. The minimum atomic E-state index is -3.89. The number of amides is 1. The Balaban J connectivity index is 1.99. The van der Waals surface area contributed by atoms with E-state index >= 15 is 0 Å². The van der Waals surface area contributed by atoms with E-state index in [0.717, 1.165) is 19.3 Å². The first kappa shape index (κ1) is 20.4. The molecule has 0 atom stereocenters. The Morgan fingerprint density at radius 1 is 1.19 bits per heavy atom. The molecule has 1 aromatic carbocycles. The Morgan fingerprint density at radius 2 is 1.85 bits per heavy atom. The number of piperidine rings is 1. The van der Waals surface area contributed by atoms with Gasteiger partial charge >= 0.3 is 5.97 Å². The molecule has 0 saturated carbocycles. The smallest absolute Gasteiger partial charge is 0.337 e. The normalized spacial score (nSPS) is 16.3. The quantitative estimate of drug-likeness (QED) is 0.670. The monoisotopic (exact) mass is 382 g/mol. The van der Waals surface area contributed by atoms with Crippen molar-refractivity contribution in [3.05, 3.63) is 29.8 Å². The van der Waals surface area contributed by atoms with Crippen molar-refractivity contribution >= 4 is 21.9 Å². The number of nitrogens with zero attached hydrogens (tertiary/aromatic N) is 1. The second-order valence-corrected chi connectivity index (χ2v) is 8.38. The number of carboxylic acid groups (broad SMARTS) is 1. The van der Waals surface area contributed by atoms with Crippen molar-refractivity contribution in [1.82, 2.24) is 9.62 Å². The number of carboxylic acids is 1. The lowest BCUT2D eigenvalue weighted by Gasteiger charge is -2.30. The van der Waals surface area contributed by atoms with Gasteiger partial charge in [0.1, 0.15) is 0 Å². The molecule has 0 aliphatic carbocycles. The first-order valence-electron chi connectivity index (χ1n) is 8.98. The highest BCUT2D eigenvalue weighted by atomic mass is 32.2. The first-order chi connectivity index (χ1) is 12.4. The lowest BCUT2D eigenvalue weighted by Crippen LogP contribution is -2.43. The van der Waals surface area contributed by atoms with Gasteiger partial charge in [0.05, 0.1) is 10.5 Å². The molecule has 0 aromatic heterocycles. The van der Waals surface area contributed by atoms with Crippen molar-refractivity contribution in [3.63, 3.8) is 0 Å². The van der Waals surface area contributed by atoms with Crippen molar-refractivity contribution in [2.45, 2.75) is 43.9 Å². The van der Waals surface area contributed by atoms with E-state index < -0.39 is 16.0 Å². The molecule has 2 N–H and O–H groups in total. The predicted molar refractivity (Wildman–Crippen MR) is 97.4 cm³/mol. The fraction of sp³-hybridized carbons (Fsp3) is 0.556. The number of carbonyl (C=O) groups is 2. The summed E-state index contributed by atoms with van der Waals surface area (Å²) in [5, 5.41) is 12.1. The number of aromatic carboxylic acids is 1. The molecule has 1 aliphatic rings. The van der Waals surface area contributed by atoms with Crippen molar-refractivity contribution in [2.24, 2.45) is 5.92 Å². The molecule has 2 rings (SSSR count). The third-order valence-corrected chi connectivity index (χ3v) is 6.60. The third-order valence-electron chi connectivity index (χ3n) is 4.64. The van der Waals surface area contributed by atoms with Crippen LogP contribution in [0, 0.1) is 5.92 Å². The molecule has 0 bridgehead atoms. The predicted octanol–water partition coefficient (Wildman–Crippen LogP) is 2.09. The van der Waals surface area contributed by atoms with Crippen molar-refractivity contribution in [2.75, 3.05) is 19.6 Å². The van der Waals surface area contributed by atoms with E-state index in [1.165, 1.54) is 28.6 Å². The van der Waals surface area contributed by atoms with Crippen LogP contribution in [0.2, 0.25) is 0 Å². The van der Waals surface area contributed by atoms with E-state index in [9.17, 15) is 23.1 Å². The summed E-state index contributed by atoms with van der Waals surface area (Å²) in [6.45, 7) is 3.17. The Morgan fingerprint density at radius 3 is 2.46 bits per heavy atom. The molecule has 1 heterocycles. The number of nitrogens with one attached hydrogen (secondary N) is 1. The Hall–Kier alpha value is -1.93. The van der Waals surface area contributed by atoms with Gasteiger partial charge in [-0.2, -0.15) is 4.31 Å². The van der Waals surface area contributed by atoms with Gasteiger partial charge < -0.3 is 10.4 Å². The maximum atomic E-state index is 12.8. The first-order valence-corrected chi connectivity index (χ1v) is 10.4. The van der Waals surface area contributed by atoms with Crippen LogP contribution in [0.5, 0.6) is 0 Å².